The molecule has 0 bridgehead atoms. The minimum absolute atomic E-state index is 0.0469. The number of nitrogens with zero attached hydrogens (tertiary/aromatic N) is 2. The molecule has 1 aliphatic carbocycles. The van der Waals surface area contributed by atoms with Gasteiger partial charge in [-0.2, -0.15) is 4.98 Å². The van der Waals surface area contributed by atoms with Crippen molar-refractivity contribution in [2.24, 2.45) is 0 Å². The SMILES string of the molecule is COc1nc(C2CC2)nc(C(=O)O)c1Cl. The van der Waals surface area contributed by atoms with E-state index in [0.717, 1.165) is 12.8 Å². The summed E-state index contributed by atoms with van der Waals surface area (Å²) in [5.41, 5.74) is -0.189. The number of methoxy groups -OCH3 is 1. The maximum Gasteiger partial charge on any atom is 0.356 e. The Kier molecular flexibility index (Phi) is 2.48. The van der Waals surface area contributed by atoms with E-state index in [-0.39, 0.29) is 22.5 Å². The van der Waals surface area contributed by atoms with Gasteiger partial charge >= 0.3 is 5.97 Å². The van der Waals surface area contributed by atoms with E-state index in [1.54, 1.807) is 0 Å². The highest BCUT2D eigenvalue weighted by Crippen LogP contribution is 2.39. The van der Waals surface area contributed by atoms with Gasteiger partial charge in [-0.05, 0) is 12.8 Å². The fourth-order valence-electron chi connectivity index (χ4n) is 1.24. The van der Waals surface area contributed by atoms with Gasteiger partial charge in [-0.15, -0.1) is 0 Å². The third kappa shape index (κ3) is 1.87. The molecule has 1 aromatic heterocycles. The summed E-state index contributed by atoms with van der Waals surface area (Å²) in [6.07, 6.45) is 1.98. The second-order valence-corrected chi connectivity index (χ2v) is 3.71. The zero-order valence-electron chi connectivity index (χ0n) is 8.03. The fourth-order valence-corrected chi connectivity index (χ4v) is 1.49. The minimum atomic E-state index is -1.16. The Bertz CT molecular complexity index is 418. The van der Waals surface area contributed by atoms with E-state index < -0.39 is 5.97 Å². The third-order valence-electron chi connectivity index (χ3n) is 2.18. The smallest absolute Gasteiger partial charge is 0.356 e. The van der Waals surface area contributed by atoms with E-state index >= 15 is 0 Å². The minimum Gasteiger partial charge on any atom is -0.480 e. The summed E-state index contributed by atoms with van der Waals surface area (Å²) < 4.78 is 4.91. The molecule has 80 valence electrons. The summed E-state index contributed by atoms with van der Waals surface area (Å²) in [5, 5.41) is 8.84. The van der Waals surface area contributed by atoms with Crippen molar-refractivity contribution in [2.75, 3.05) is 7.11 Å². The van der Waals surface area contributed by atoms with E-state index in [1.807, 2.05) is 0 Å². The van der Waals surface area contributed by atoms with Gasteiger partial charge in [0.15, 0.2) is 5.69 Å². The van der Waals surface area contributed by atoms with Gasteiger partial charge < -0.3 is 9.84 Å². The maximum atomic E-state index is 10.9. The lowest BCUT2D eigenvalue weighted by Gasteiger charge is -2.06. The monoisotopic (exact) mass is 228 g/mol. The summed E-state index contributed by atoms with van der Waals surface area (Å²) in [5.74, 6) is -0.267. The number of aromatic carboxylic acids is 1. The first-order valence-corrected chi connectivity index (χ1v) is 4.86. The third-order valence-corrected chi connectivity index (χ3v) is 2.52. The van der Waals surface area contributed by atoms with Gasteiger partial charge in [0.25, 0.3) is 0 Å². The van der Waals surface area contributed by atoms with Crippen LogP contribution in [-0.2, 0) is 0 Å². The van der Waals surface area contributed by atoms with Crippen LogP contribution in [0.2, 0.25) is 5.02 Å². The predicted molar refractivity (Wildman–Crippen MR) is 52.5 cm³/mol. The molecule has 6 heteroatoms. The first-order chi connectivity index (χ1) is 7.13. The van der Waals surface area contributed by atoms with Crippen LogP contribution in [0.5, 0.6) is 5.88 Å². The molecule has 1 aromatic rings. The molecular weight excluding hydrogens is 220 g/mol. The Balaban J connectivity index is 2.52. The molecule has 2 rings (SSSR count). The molecule has 0 atom stereocenters. The van der Waals surface area contributed by atoms with E-state index in [1.165, 1.54) is 7.11 Å². The van der Waals surface area contributed by atoms with Gasteiger partial charge in [-0.3, -0.25) is 0 Å². The second kappa shape index (κ2) is 3.66. The number of hydrogen-bond acceptors (Lipinski definition) is 4. The Hall–Kier alpha value is -1.36. The maximum absolute atomic E-state index is 10.9. The number of carboxylic acid groups (broad SMARTS) is 1. The molecule has 0 saturated heterocycles. The molecule has 1 N–H and O–H groups in total. The summed E-state index contributed by atoms with van der Waals surface area (Å²) in [7, 11) is 1.40. The molecular formula is C9H9ClN2O3. The lowest BCUT2D eigenvalue weighted by Crippen LogP contribution is -2.07. The number of ether oxygens (including phenoxy) is 1. The Morgan fingerprint density at radius 1 is 1.53 bits per heavy atom. The van der Waals surface area contributed by atoms with E-state index in [0.29, 0.717) is 5.82 Å². The van der Waals surface area contributed by atoms with Gasteiger partial charge in [-0.1, -0.05) is 11.6 Å². The van der Waals surface area contributed by atoms with Crippen molar-refractivity contribution in [1.29, 1.82) is 0 Å². The zero-order valence-corrected chi connectivity index (χ0v) is 8.78. The Morgan fingerprint density at radius 2 is 2.20 bits per heavy atom. The van der Waals surface area contributed by atoms with Crippen molar-refractivity contribution in [2.45, 2.75) is 18.8 Å². The van der Waals surface area contributed by atoms with Crippen LogP contribution in [0.3, 0.4) is 0 Å². The number of halogens is 1. The highest BCUT2D eigenvalue weighted by molar-refractivity contribution is 6.34. The summed E-state index contributed by atoms with van der Waals surface area (Å²) in [4.78, 5) is 18.8. The average molecular weight is 229 g/mol. The number of carboxylic acids is 1. The predicted octanol–water partition coefficient (Wildman–Crippen LogP) is 1.71. The molecule has 1 saturated carbocycles. The normalized spacial score (nSPS) is 15.1. The Labute approximate surface area is 91.1 Å². The van der Waals surface area contributed by atoms with Gasteiger partial charge in [0.1, 0.15) is 10.8 Å². The fraction of sp³-hybridized carbons (Fsp3) is 0.444. The van der Waals surface area contributed by atoms with Crippen molar-refractivity contribution < 1.29 is 14.6 Å². The van der Waals surface area contributed by atoms with E-state index in [9.17, 15) is 4.79 Å². The van der Waals surface area contributed by atoms with Crippen LogP contribution in [0.25, 0.3) is 0 Å². The van der Waals surface area contributed by atoms with Crippen molar-refractivity contribution in [3.63, 3.8) is 0 Å². The molecule has 0 spiro atoms. The second-order valence-electron chi connectivity index (χ2n) is 3.33. The number of carbonyl (C=O) groups is 1. The molecule has 1 fully saturated rings. The molecule has 0 amide bonds. The van der Waals surface area contributed by atoms with Crippen LogP contribution < -0.4 is 4.74 Å². The highest BCUT2D eigenvalue weighted by Gasteiger charge is 2.30. The van der Waals surface area contributed by atoms with Crippen LogP contribution in [-0.4, -0.2) is 28.2 Å². The molecule has 0 radical (unpaired) electrons. The summed E-state index contributed by atoms with van der Waals surface area (Å²) in [6, 6.07) is 0. The average Bonchev–Trinajstić information content (AvgIpc) is 3.01. The standard InChI is InChI=1S/C9H9ClN2O3/c1-15-8-5(10)6(9(13)14)11-7(12-8)4-2-3-4/h4H,2-3H2,1H3,(H,13,14). The van der Waals surface area contributed by atoms with Crippen LogP contribution >= 0.6 is 11.6 Å². The largest absolute Gasteiger partial charge is 0.480 e. The van der Waals surface area contributed by atoms with Gasteiger partial charge in [0.05, 0.1) is 7.11 Å². The lowest BCUT2D eigenvalue weighted by molar-refractivity contribution is 0.0689. The Morgan fingerprint density at radius 3 is 2.67 bits per heavy atom. The van der Waals surface area contributed by atoms with Crippen molar-refractivity contribution in [1.82, 2.24) is 9.97 Å². The van der Waals surface area contributed by atoms with E-state index in [4.69, 9.17) is 21.4 Å². The van der Waals surface area contributed by atoms with Crippen molar-refractivity contribution >= 4 is 17.6 Å². The van der Waals surface area contributed by atoms with E-state index in [2.05, 4.69) is 9.97 Å². The number of rotatable bonds is 3. The van der Waals surface area contributed by atoms with Crippen LogP contribution in [0.4, 0.5) is 0 Å². The number of aromatic nitrogens is 2. The van der Waals surface area contributed by atoms with Crippen molar-refractivity contribution in [3.05, 3.63) is 16.5 Å². The molecule has 15 heavy (non-hydrogen) atoms. The van der Waals surface area contributed by atoms with Crippen molar-refractivity contribution in [3.8, 4) is 5.88 Å². The molecule has 0 unspecified atom stereocenters. The van der Waals surface area contributed by atoms with Gasteiger partial charge in [-0.25, -0.2) is 9.78 Å². The lowest BCUT2D eigenvalue weighted by atomic mass is 10.3. The first-order valence-electron chi connectivity index (χ1n) is 4.48. The highest BCUT2D eigenvalue weighted by atomic mass is 35.5. The molecule has 1 aliphatic rings. The molecule has 0 aliphatic heterocycles. The summed E-state index contributed by atoms with van der Waals surface area (Å²) in [6.45, 7) is 0. The van der Waals surface area contributed by atoms with Crippen LogP contribution in [0, 0.1) is 0 Å². The molecule has 5 nitrogen and oxygen atoms in total. The van der Waals surface area contributed by atoms with Gasteiger partial charge in [0.2, 0.25) is 5.88 Å². The molecule has 0 aromatic carbocycles. The molecule has 1 heterocycles. The number of hydrogen-bond donors (Lipinski definition) is 1. The summed E-state index contributed by atoms with van der Waals surface area (Å²) >= 11 is 5.77. The van der Waals surface area contributed by atoms with Gasteiger partial charge in [0, 0.05) is 5.92 Å². The zero-order chi connectivity index (χ0) is 11.0. The van der Waals surface area contributed by atoms with Crippen LogP contribution in [0.15, 0.2) is 0 Å². The first kappa shape index (κ1) is 10.2. The van der Waals surface area contributed by atoms with Crippen LogP contribution in [0.1, 0.15) is 35.1 Å². The quantitative estimate of drug-likeness (QED) is 0.853. The topological polar surface area (TPSA) is 72.3 Å².